The summed E-state index contributed by atoms with van der Waals surface area (Å²) in [7, 11) is 0. The van der Waals surface area contributed by atoms with E-state index in [1.165, 1.54) is 11.3 Å². The van der Waals surface area contributed by atoms with Crippen LogP contribution in [0.2, 0.25) is 0 Å². The molecule has 130 valence electrons. The van der Waals surface area contributed by atoms with Crippen molar-refractivity contribution < 1.29 is 4.79 Å². The number of carbonyl (C=O) groups is 1. The molecule has 1 amide bonds. The molecule has 2 heterocycles. The van der Waals surface area contributed by atoms with Gasteiger partial charge in [0.25, 0.3) is 5.91 Å². The van der Waals surface area contributed by atoms with E-state index in [0.29, 0.717) is 5.69 Å². The van der Waals surface area contributed by atoms with Gasteiger partial charge in [-0.25, -0.2) is 4.98 Å². The number of thiazole rings is 1. The molecule has 1 N–H and O–H groups in total. The number of nitriles is 1. The molecular weight excluding hydrogens is 344 g/mol. The minimum absolute atomic E-state index is 0.0610. The number of nitrogens with zero attached hydrogens (tertiary/aromatic N) is 3. The lowest BCUT2D eigenvalue weighted by molar-refractivity contribution is -0.112. The molecule has 0 aliphatic carbocycles. The number of benzene rings is 1. The van der Waals surface area contributed by atoms with E-state index in [9.17, 15) is 10.1 Å². The number of nitrogens with one attached hydrogen (secondary N) is 1. The summed E-state index contributed by atoms with van der Waals surface area (Å²) in [5, 5.41) is 15.0. The first kappa shape index (κ1) is 17.6. The minimum Gasteiger partial charge on any atom is -0.321 e. The fourth-order valence-electron chi connectivity index (χ4n) is 2.78. The maximum Gasteiger partial charge on any atom is 0.266 e. The molecule has 0 unspecified atom stereocenters. The lowest BCUT2D eigenvalue weighted by Gasteiger charge is -2.06. The zero-order chi connectivity index (χ0) is 18.7. The van der Waals surface area contributed by atoms with Gasteiger partial charge in [0.1, 0.15) is 11.6 Å². The van der Waals surface area contributed by atoms with Gasteiger partial charge in [0.05, 0.1) is 0 Å². The molecule has 1 aromatic carbocycles. The summed E-state index contributed by atoms with van der Waals surface area (Å²) in [5.41, 5.74) is 4.54. The third kappa shape index (κ3) is 3.58. The van der Waals surface area contributed by atoms with E-state index in [1.807, 2.05) is 61.1 Å². The molecule has 0 aliphatic heterocycles. The summed E-state index contributed by atoms with van der Waals surface area (Å²) in [6.07, 6.45) is 3.38. The fraction of sp³-hybridized carbons (Fsp3) is 0.150. The van der Waals surface area contributed by atoms with Crippen molar-refractivity contribution in [2.45, 2.75) is 20.8 Å². The summed E-state index contributed by atoms with van der Waals surface area (Å²) in [5.74, 6) is -0.419. The van der Waals surface area contributed by atoms with Gasteiger partial charge in [0, 0.05) is 28.7 Å². The standard InChI is InChI=1S/C20H18N4OS/c1-13-5-4-6-18(9-13)23-19(25)17(12-21)11-16-10-14(2)24(15(16)3)20-22-7-8-26-20/h4-11H,1-3H3,(H,23,25)/b17-11+. The van der Waals surface area contributed by atoms with E-state index in [2.05, 4.69) is 10.3 Å². The van der Waals surface area contributed by atoms with Gasteiger partial charge in [-0.3, -0.25) is 9.36 Å². The Bertz CT molecular complexity index is 1020. The summed E-state index contributed by atoms with van der Waals surface area (Å²) < 4.78 is 2.02. The number of anilines is 1. The van der Waals surface area contributed by atoms with E-state index in [-0.39, 0.29) is 5.57 Å². The largest absolute Gasteiger partial charge is 0.321 e. The molecule has 2 aromatic heterocycles. The van der Waals surface area contributed by atoms with E-state index in [1.54, 1.807) is 18.3 Å². The van der Waals surface area contributed by atoms with Gasteiger partial charge in [-0.05, 0) is 56.2 Å². The molecule has 0 spiro atoms. The highest BCUT2D eigenvalue weighted by molar-refractivity contribution is 7.12. The molecule has 0 bridgehead atoms. The first-order chi connectivity index (χ1) is 12.5. The van der Waals surface area contributed by atoms with Crippen LogP contribution in [0.1, 0.15) is 22.5 Å². The highest BCUT2D eigenvalue weighted by Gasteiger charge is 2.14. The van der Waals surface area contributed by atoms with Gasteiger partial charge in [0.15, 0.2) is 5.13 Å². The highest BCUT2D eigenvalue weighted by atomic mass is 32.1. The van der Waals surface area contributed by atoms with Gasteiger partial charge in [0.2, 0.25) is 0 Å². The molecule has 26 heavy (non-hydrogen) atoms. The van der Waals surface area contributed by atoms with Crippen molar-refractivity contribution in [3.8, 4) is 11.2 Å². The second-order valence-corrected chi connectivity index (χ2v) is 6.84. The van der Waals surface area contributed by atoms with Crippen LogP contribution in [-0.2, 0) is 4.79 Å². The van der Waals surface area contributed by atoms with Crippen LogP contribution in [0.4, 0.5) is 5.69 Å². The zero-order valence-corrected chi connectivity index (χ0v) is 15.6. The predicted octanol–water partition coefficient (Wildman–Crippen LogP) is 4.40. The fourth-order valence-corrected chi connectivity index (χ4v) is 3.53. The molecule has 5 nitrogen and oxygen atoms in total. The third-order valence-corrected chi connectivity index (χ3v) is 4.78. The maximum absolute atomic E-state index is 12.5. The smallest absolute Gasteiger partial charge is 0.266 e. The van der Waals surface area contributed by atoms with Gasteiger partial charge in [-0.15, -0.1) is 11.3 Å². The maximum atomic E-state index is 12.5. The van der Waals surface area contributed by atoms with Gasteiger partial charge in [-0.1, -0.05) is 12.1 Å². The Hall–Kier alpha value is -3.17. The first-order valence-electron chi connectivity index (χ1n) is 8.08. The van der Waals surface area contributed by atoms with Crippen LogP contribution < -0.4 is 5.32 Å². The van der Waals surface area contributed by atoms with Crippen LogP contribution in [0.25, 0.3) is 11.2 Å². The minimum atomic E-state index is -0.419. The molecule has 0 radical (unpaired) electrons. The number of rotatable bonds is 4. The Labute approximate surface area is 156 Å². The van der Waals surface area contributed by atoms with E-state index < -0.39 is 5.91 Å². The van der Waals surface area contributed by atoms with Crippen molar-refractivity contribution in [2.75, 3.05) is 5.32 Å². The number of aryl methyl sites for hydroxylation is 2. The van der Waals surface area contributed by atoms with Crippen LogP contribution in [-0.4, -0.2) is 15.5 Å². The van der Waals surface area contributed by atoms with E-state index in [0.717, 1.165) is 27.6 Å². The summed E-state index contributed by atoms with van der Waals surface area (Å²) in [6.45, 7) is 5.88. The van der Waals surface area contributed by atoms with Crippen molar-refractivity contribution >= 4 is 29.0 Å². The second-order valence-electron chi connectivity index (χ2n) is 5.97. The van der Waals surface area contributed by atoms with Crippen molar-refractivity contribution in [3.63, 3.8) is 0 Å². The SMILES string of the molecule is Cc1cccc(NC(=O)/C(C#N)=C/c2cc(C)n(-c3nccs3)c2C)c1. The zero-order valence-electron chi connectivity index (χ0n) is 14.8. The molecule has 0 aliphatic rings. The summed E-state index contributed by atoms with van der Waals surface area (Å²) in [6, 6.07) is 11.4. The Morgan fingerprint density at radius 1 is 1.31 bits per heavy atom. The van der Waals surface area contributed by atoms with Crippen molar-refractivity contribution in [3.05, 3.63) is 70.0 Å². The van der Waals surface area contributed by atoms with Gasteiger partial charge >= 0.3 is 0 Å². The first-order valence-corrected chi connectivity index (χ1v) is 8.96. The number of hydrogen-bond acceptors (Lipinski definition) is 4. The Kier molecular flexibility index (Phi) is 5.01. The molecular formula is C20H18N4OS. The van der Waals surface area contributed by atoms with Crippen molar-refractivity contribution in [1.29, 1.82) is 5.26 Å². The third-order valence-electron chi connectivity index (χ3n) is 4.02. The number of amides is 1. The lowest BCUT2D eigenvalue weighted by atomic mass is 10.1. The van der Waals surface area contributed by atoms with E-state index >= 15 is 0 Å². The van der Waals surface area contributed by atoms with Crippen LogP contribution in [0, 0.1) is 32.1 Å². The normalized spacial score (nSPS) is 11.2. The molecule has 0 atom stereocenters. The molecule has 0 saturated carbocycles. The number of aromatic nitrogens is 2. The van der Waals surface area contributed by atoms with Gasteiger partial charge < -0.3 is 5.32 Å². The molecule has 6 heteroatoms. The van der Waals surface area contributed by atoms with Crippen molar-refractivity contribution in [2.24, 2.45) is 0 Å². The van der Waals surface area contributed by atoms with Crippen LogP contribution >= 0.6 is 11.3 Å². The molecule has 3 rings (SSSR count). The highest BCUT2D eigenvalue weighted by Crippen LogP contribution is 2.24. The monoisotopic (exact) mass is 362 g/mol. The predicted molar refractivity (Wildman–Crippen MR) is 104 cm³/mol. The number of carbonyl (C=O) groups excluding carboxylic acids is 1. The van der Waals surface area contributed by atoms with Crippen LogP contribution in [0.15, 0.2) is 47.5 Å². The molecule has 0 saturated heterocycles. The summed E-state index contributed by atoms with van der Waals surface area (Å²) in [4.78, 5) is 16.8. The second kappa shape index (κ2) is 7.38. The topological polar surface area (TPSA) is 70.7 Å². The molecule has 0 fully saturated rings. The van der Waals surface area contributed by atoms with Crippen LogP contribution in [0.5, 0.6) is 0 Å². The average molecular weight is 362 g/mol. The Morgan fingerprint density at radius 2 is 2.12 bits per heavy atom. The summed E-state index contributed by atoms with van der Waals surface area (Å²) >= 11 is 1.54. The van der Waals surface area contributed by atoms with E-state index in [4.69, 9.17) is 0 Å². The van der Waals surface area contributed by atoms with Gasteiger partial charge in [-0.2, -0.15) is 5.26 Å². The quantitative estimate of drug-likeness (QED) is 0.552. The lowest BCUT2D eigenvalue weighted by Crippen LogP contribution is -2.13. The average Bonchev–Trinajstić information content (AvgIpc) is 3.20. The number of hydrogen-bond donors (Lipinski definition) is 1. The van der Waals surface area contributed by atoms with Crippen molar-refractivity contribution in [1.82, 2.24) is 9.55 Å². The Morgan fingerprint density at radius 3 is 2.77 bits per heavy atom. The Balaban J connectivity index is 1.91. The van der Waals surface area contributed by atoms with Crippen LogP contribution in [0.3, 0.4) is 0 Å². The molecule has 3 aromatic rings.